The molecule has 1 unspecified atom stereocenters. The lowest BCUT2D eigenvalue weighted by Gasteiger charge is -2.28. The number of rotatable bonds is 4. The van der Waals surface area contributed by atoms with Crippen LogP contribution < -0.4 is 16.0 Å². The molecule has 3 heterocycles. The van der Waals surface area contributed by atoms with Gasteiger partial charge in [0.1, 0.15) is 6.10 Å². The molecule has 1 N–H and O–H groups in total. The first-order chi connectivity index (χ1) is 16.8. The fourth-order valence-electron chi connectivity index (χ4n) is 4.80. The van der Waals surface area contributed by atoms with E-state index in [4.69, 9.17) is 9.47 Å². The molecular formula is C24H22N4O7. The smallest absolute Gasteiger partial charge is 0.331 e. The van der Waals surface area contributed by atoms with Gasteiger partial charge in [-0.15, -0.1) is 0 Å². The van der Waals surface area contributed by atoms with Crippen molar-refractivity contribution < 1.29 is 19.5 Å². The average molecular weight is 478 g/mol. The van der Waals surface area contributed by atoms with E-state index in [1.54, 1.807) is 37.4 Å². The number of phenols is 1. The molecule has 1 aliphatic rings. The molecule has 1 aliphatic heterocycles. The Morgan fingerprint density at radius 3 is 2.60 bits per heavy atom. The minimum atomic E-state index is -0.827. The Bertz CT molecular complexity index is 1630. The number of phenolic OH excluding ortho intramolecular Hbond substituents is 1. The fourth-order valence-corrected chi connectivity index (χ4v) is 4.80. The van der Waals surface area contributed by atoms with Crippen LogP contribution in [0.4, 0.5) is 5.69 Å². The minimum Gasteiger partial charge on any atom is -0.504 e. The molecule has 0 radical (unpaired) electrons. The van der Waals surface area contributed by atoms with E-state index in [9.17, 15) is 24.8 Å². The standard InChI is InChI=1S/C24H22N4O7/c1-25-19-17(23(30)26(2)24(25)31)18(13-6-4-7-14(12-13)28(32)33)27-10-11-35-22(20(19)27)15-8-5-9-16(34-3)21(15)29/h4-9,12,22,29H,10-11H2,1-3H3. The van der Waals surface area contributed by atoms with E-state index in [1.807, 2.05) is 4.57 Å². The molecule has 0 spiro atoms. The van der Waals surface area contributed by atoms with Gasteiger partial charge >= 0.3 is 5.69 Å². The van der Waals surface area contributed by atoms with Gasteiger partial charge in [0, 0.05) is 43.9 Å². The average Bonchev–Trinajstić information content (AvgIpc) is 3.22. The van der Waals surface area contributed by atoms with Crippen LogP contribution >= 0.6 is 0 Å². The maximum atomic E-state index is 13.4. The Labute approximate surface area is 198 Å². The molecule has 11 nitrogen and oxygen atoms in total. The SMILES string of the molecule is COc1cccc(C2OCCn3c(-c4cccc([N+](=O)[O-])c4)c4c(=O)n(C)c(=O)n(C)c4c32)c1O. The second-order valence-electron chi connectivity index (χ2n) is 8.27. The van der Waals surface area contributed by atoms with Gasteiger partial charge in [0.05, 0.1) is 40.9 Å². The fraction of sp³-hybridized carbons (Fsp3) is 0.250. The maximum Gasteiger partial charge on any atom is 0.331 e. The number of nitrogens with zero attached hydrogens (tertiary/aromatic N) is 4. The van der Waals surface area contributed by atoms with Crippen molar-refractivity contribution in [1.82, 2.24) is 13.7 Å². The molecule has 35 heavy (non-hydrogen) atoms. The molecule has 5 rings (SSSR count). The summed E-state index contributed by atoms with van der Waals surface area (Å²) in [4.78, 5) is 37.3. The van der Waals surface area contributed by atoms with E-state index in [0.29, 0.717) is 34.6 Å². The first kappa shape index (κ1) is 22.4. The van der Waals surface area contributed by atoms with Crippen LogP contribution in [0.3, 0.4) is 0 Å². The second kappa shape index (κ2) is 8.13. The van der Waals surface area contributed by atoms with Crippen LogP contribution in [0.25, 0.3) is 22.2 Å². The third-order valence-electron chi connectivity index (χ3n) is 6.42. The number of aryl methyl sites for hydroxylation is 1. The van der Waals surface area contributed by atoms with Gasteiger partial charge in [-0.2, -0.15) is 0 Å². The summed E-state index contributed by atoms with van der Waals surface area (Å²) in [6, 6.07) is 11.0. The molecule has 2 aromatic carbocycles. The number of aromatic nitrogens is 3. The highest BCUT2D eigenvalue weighted by Gasteiger charge is 2.35. The third kappa shape index (κ3) is 3.23. The Morgan fingerprint density at radius 1 is 1.14 bits per heavy atom. The predicted molar refractivity (Wildman–Crippen MR) is 127 cm³/mol. The largest absolute Gasteiger partial charge is 0.504 e. The molecule has 180 valence electrons. The van der Waals surface area contributed by atoms with E-state index in [1.165, 1.54) is 30.9 Å². The summed E-state index contributed by atoms with van der Waals surface area (Å²) in [5.74, 6) is 0.135. The molecule has 0 saturated carbocycles. The molecular weight excluding hydrogens is 456 g/mol. The van der Waals surface area contributed by atoms with Gasteiger partial charge in [-0.3, -0.25) is 24.0 Å². The zero-order valence-electron chi connectivity index (χ0n) is 19.2. The van der Waals surface area contributed by atoms with E-state index < -0.39 is 22.3 Å². The first-order valence-corrected chi connectivity index (χ1v) is 10.8. The van der Waals surface area contributed by atoms with Crippen LogP contribution in [0, 0.1) is 10.1 Å². The van der Waals surface area contributed by atoms with E-state index in [-0.39, 0.29) is 29.2 Å². The number of para-hydroxylation sites is 1. The van der Waals surface area contributed by atoms with Crippen LogP contribution in [0.2, 0.25) is 0 Å². The van der Waals surface area contributed by atoms with Gasteiger partial charge < -0.3 is 19.1 Å². The summed E-state index contributed by atoms with van der Waals surface area (Å²) >= 11 is 0. The number of fused-ring (bicyclic) bond motifs is 3. The number of non-ortho nitro benzene ring substituents is 1. The molecule has 0 saturated heterocycles. The van der Waals surface area contributed by atoms with Gasteiger partial charge in [-0.1, -0.05) is 24.3 Å². The third-order valence-corrected chi connectivity index (χ3v) is 6.42. The van der Waals surface area contributed by atoms with E-state index in [0.717, 1.165) is 4.57 Å². The number of aromatic hydroxyl groups is 1. The zero-order valence-corrected chi connectivity index (χ0v) is 19.2. The molecule has 0 amide bonds. The summed E-state index contributed by atoms with van der Waals surface area (Å²) in [5.41, 5.74) is 0.971. The normalized spacial score (nSPS) is 15.2. The van der Waals surface area contributed by atoms with Crippen LogP contribution in [0.15, 0.2) is 52.1 Å². The van der Waals surface area contributed by atoms with Crippen molar-refractivity contribution >= 4 is 16.6 Å². The van der Waals surface area contributed by atoms with Crippen molar-refractivity contribution in [1.29, 1.82) is 0 Å². The van der Waals surface area contributed by atoms with Gasteiger partial charge in [0.15, 0.2) is 11.5 Å². The summed E-state index contributed by atoms with van der Waals surface area (Å²) in [5, 5.41) is 22.6. The molecule has 1 atom stereocenters. The lowest BCUT2D eigenvalue weighted by Crippen LogP contribution is -2.37. The Kier molecular flexibility index (Phi) is 5.21. The maximum absolute atomic E-state index is 13.4. The quantitative estimate of drug-likeness (QED) is 0.352. The molecule has 2 aromatic heterocycles. The number of ether oxygens (including phenoxy) is 2. The highest BCUT2D eigenvalue weighted by molar-refractivity contribution is 5.97. The predicted octanol–water partition coefficient (Wildman–Crippen LogP) is 2.45. The Balaban J connectivity index is 1.93. The van der Waals surface area contributed by atoms with Gasteiger partial charge in [-0.05, 0) is 6.07 Å². The Morgan fingerprint density at radius 2 is 1.89 bits per heavy atom. The van der Waals surface area contributed by atoms with Crippen LogP contribution in [-0.2, 0) is 25.4 Å². The second-order valence-corrected chi connectivity index (χ2v) is 8.27. The van der Waals surface area contributed by atoms with Gasteiger partial charge in [0.25, 0.3) is 11.2 Å². The highest BCUT2D eigenvalue weighted by Crippen LogP contribution is 2.44. The van der Waals surface area contributed by atoms with Crippen molar-refractivity contribution in [2.24, 2.45) is 14.1 Å². The summed E-state index contributed by atoms with van der Waals surface area (Å²) in [6.45, 7) is 0.576. The first-order valence-electron chi connectivity index (χ1n) is 10.8. The number of nitro groups is 1. The van der Waals surface area contributed by atoms with Crippen molar-refractivity contribution in [3.05, 3.63) is 84.7 Å². The summed E-state index contributed by atoms with van der Waals surface area (Å²) < 4.78 is 15.6. The van der Waals surface area contributed by atoms with Crippen molar-refractivity contribution in [3.8, 4) is 22.8 Å². The van der Waals surface area contributed by atoms with Crippen molar-refractivity contribution in [3.63, 3.8) is 0 Å². The molecule has 0 bridgehead atoms. The summed E-state index contributed by atoms with van der Waals surface area (Å²) in [6.07, 6.45) is -0.827. The molecule has 4 aromatic rings. The van der Waals surface area contributed by atoms with Gasteiger partial charge in [-0.25, -0.2) is 4.79 Å². The number of hydrogen-bond acceptors (Lipinski definition) is 7. The topological polar surface area (TPSA) is 131 Å². The lowest BCUT2D eigenvalue weighted by molar-refractivity contribution is -0.384. The van der Waals surface area contributed by atoms with E-state index in [2.05, 4.69) is 0 Å². The number of nitro benzene ring substituents is 1. The monoisotopic (exact) mass is 478 g/mol. The molecule has 0 aliphatic carbocycles. The summed E-state index contributed by atoms with van der Waals surface area (Å²) in [7, 11) is 4.38. The number of methoxy groups -OCH3 is 1. The van der Waals surface area contributed by atoms with Crippen molar-refractivity contribution in [2.45, 2.75) is 12.6 Å². The van der Waals surface area contributed by atoms with Crippen LogP contribution in [-0.4, -0.2) is 37.4 Å². The van der Waals surface area contributed by atoms with Gasteiger partial charge in [0.2, 0.25) is 0 Å². The molecule has 11 heteroatoms. The van der Waals surface area contributed by atoms with E-state index >= 15 is 0 Å². The van der Waals surface area contributed by atoms with Crippen molar-refractivity contribution in [2.75, 3.05) is 13.7 Å². The lowest BCUT2D eigenvalue weighted by atomic mass is 10.0. The molecule has 0 fully saturated rings. The number of hydrogen-bond donors (Lipinski definition) is 1. The number of benzene rings is 2. The van der Waals surface area contributed by atoms with Crippen LogP contribution in [0.1, 0.15) is 17.4 Å². The zero-order chi connectivity index (χ0) is 25.0. The minimum absolute atomic E-state index is 0.117. The van der Waals surface area contributed by atoms with Crippen LogP contribution in [0.5, 0.6) is 11.5 Å². The Hall–Kier alpha value is -4.38. The highest BCUT2D eigenvalue weighted by atomic mass is 16.6.